The minimum Gasteiger partial charge on any atom is -0.494 e. The van der Waals surface area contributed by atoms with Gasteiger partial charge < -0.3 is 9.84 Å². The fourth-order valence-corrected chi connectivity index (χ4v) is 1.04. The Morgan fingerprint density at radius 1 is 1.79 bits per heavy atom. The van der Waals surface area contributed by atoms with Crippen LogP contribution in [-0.4, -0.2) is 23.2 Å². The number of carbonyl (C=O) groups is 1. The van der Waals surface area contributed by atoms with Crippen molar-refractivity contribution in [2.24, 2.45) is 0 Å². The Bertz CT molecular complexity index is 425. The molecule has 0 amide bonds. The molecule has 0 radical (unpaired) electrons. The van der Waals surface area contributed by atoms with Gasteiger partial charge >= 0.3 is 5.97 Å². The third-order valence-electron chi connectivity index (χ3n) is 1.47. The van der Waals surface area contributed by atoms with Gasteiger partial charge in [0.2, 0.25) is 0 Å². The lowest BCUT2D eigenvalue weighted by atomic mass is 10.3. The number of rotatable bonds is 2. The smallest absolute Gasteiger partial charge is 0.358 e. The molecule has 0 saturated heterocycles. The Kier molecular flexibility index (Phi) is 2.89. The number of hydrogen-bond acceptors (Lipinski definition) is 4. The lowest BCUT2D eigenvalue weighted by Gasteiger charge is -2.04. The zero-order chi connectivity index (χ0) is 10.7. The molecule has 0 aromatic carbocycles. The highest BCUT2D eigenvalue weighted by Gasteiger charge is 2.16. The Morgan fingerprint density at radius 2 is 2.43 bits per heavy atom. The number of carboxylic acid groups (broad SMARTS) is 1. The second-order valence-electron chi connectivity index (χ2n) is 2.29. The zero-order valence-corrected chi connectivity index (χ0v) is 7.87. The number of ether oxygens (including phenoxy) is 1. The van der Waals surface area contributed by atoms with E-state index in [1.165, 1.54) is 13.2 Å². The third kappa shape index (κ3) is 1.75. The van der Waals surface area contributed by atoms with Crippen LogP contribution in [0, 0.1) is 11.3 Å². The monoisotopic (exact) mass is 212 g/mol. The fourth-order valence-electron chi connectivity index (χ4n) is 0.859. The van der Waals surface area contributed by atoms with Gasteiger partial charge in [0.05, 0.1) is 12.1 Å². The fraction of sp³-hybridized carbons (Fsp3) is 0.125. The molecule has 1 aromatic rings. The van der Waals surface area contributed by atoms with Crippen LogP contribution in [0.5, 0.6) is 5.75 Å². The van der Waals surface area contributed by atoms with E-state index in [9.17, 15) is 4.79 Å². The number of nitriles is 1. The maximum absolute atomic E-state index is 10.7. The van der Waals surface area contributed by atoms with Gasteiger partial charge in [0, 0.05) is 6.07 Å². The number of pyridine rings is 1. The van der Waals surface area contributed by atoms with E-state index in [4.69, 9.17) is 26.7 Å². The summed E-state index contributed by atoms with van der Waals surface area (Å²) in [7, 11) is 1.30. The predicted molar refractivity (Wildman–Crippen MR) is 47.5 cm³/mol. The molecule has 0 aliphatic carbocycles. The molecule has 72 valence electrons. The number of aromatic nitrogens is 1. The van der Waals surface area contributed by atoms with E-state index in [0.29, 0.717) is 0 Å². The Balaban J connectivity index is 3.42. The molecule has 0 bridgehead atoms. The van der Waals surface area contributed by atoms with Crippen molar-refractivity contribution in [2.75, 3.05) is 7.11 Å². The van der Waals surface area contributed by atoms with Gasteiger partial charge in [-0.25, -0.2) is 9.78 Å². The molecule has 5 nitrogen and oxygen atoms in total. The van der Waals surface area contributed by atoms with Crippen LogP contribution in [0.3, 0.4) is 0 Å². The molecular formula is C8H5ClN2O3. The first-order chi connectivity index (χ1) is 6.60. The molecule has 14 heavy (non-hydrogen) atoms. The van der Waals surface area contributed by atoms with Crippen LogP contribution in [0.1, 0.15) is 16.2 Å². The van der Waals surface area contributed by atoms with E-state index in [2.05, 4.69) is 4.98 Å². The summed E-state index contributed by atoms with van der Waals surface area (Å²) in [6.45, 7) is 0. The number of aromatic carboxylic acids is 1. The molecule has 1 N–H and O–H groups in total. The first-order valence-corrected chi connectivity index (χ1v) is 3.86. The van der Waals surface area contributed by atoms with Crippen molar-refractivity contribution in [3.8, 4) is 11.8 Å². The Labute approximate surface area is 84.5 Å². The standard InChI is InChI=1S/C8H5ClN2O3/c1-14-6-2-4(9)5(3-10)11-7(6)8(12)13/h2H,1H3,(H,12,13). The summed E-state index contributed by atoms with van der Waals surface area (Å²) < 4.78 is 4.75. The van der Waals surface area contributed by atoms with Crippen molar-refractivity contribution in [3.63, 3.8) is 0 Å². The molecule has 0 aliphatic heterocycles. The summed E-state index contributed by atoms with van der Waals surface area (Å²) >= 11 is 5.63. The van der Waals surface area contributed by atoms with E-state index in [1.54, 1.807) is 6.07 Å². The van der Waals surface area contributed by atoms with Crippen molar-refractivity contribution in [1.29, 1.82) is 5.26 Å². The summed E-state index contributed by atoms with van der Waals surface area (Å²) in [4.78, 5) is 14.2. The van der Waals surface area contributed by atoms with E-state index in [0.717, 1.165) is 0 Å². The van der Waals surface area contributed by atoms with Crippen LogP contribution in [0.4, 0.5) is 0 Å². The van der Waals surface area contributed by atoms with Crippen LogP contribution in [0.15, 0.2) is 6.07 Å². The third-order valence-corrected chi connectivity index (χ3v) is 1.76. The molecule has 0 aliphatic rings. The summed E-state index contributed by atoms with van der Waals surface area (Å²) in [5.74, 6) is -1.24. The molecule has 0 saturated carbocycles. The minimum atomic E-state index is -1.27. The summed E-state index contributed by atoms with van der Waals surface area (Å²) in [6.07, 6.45) is 0. The minimum absolute atomic E-state index is 0.0292. The van der Waals surface area contributed by atoms with Gasteiger partial charge in [0.1, 0.15) is 6.07 Å². The van der Waals surface area contributed by atoms with E-state index in [-0.39, 0.29) is 22.2 Å². The quantitative estimate of drug-likeness (QED) is 0.799. The first kappa shape index (κ1) is 10.3. The van der Waals surface area contributed by atoms with Crippen LogP contribution in [0.25, 0.3) is 0 Å². The summed E-state index contributed by atoms with van der Waals surface area (Å²) in [5, 5.41) is 17.3. The van der Waals surface area contributed by atoms with Gasteiger partial charge in [-0.3, -0.25) is 0 Å². The average molecular weight is 213 g/mol. The molecule has 0 unspecified atom stereocenters. The molecule has 6 heteroatoms. The van der Waals surface area contributed by atoms with Crippen molar-refractivity contribution >= 4 is 17.6 Å². The highest BCUT2D eigenvalue weighted by molar-refractivity contribution is 6.31. The first-order valence-electron chi connectivity index (χ1n) is 3.48. The van der Waals surface area contributed by atoms with Gasteiger partial charge in [0.25, 0.3) is 0 Å². The number of nitrogens with zero attached hydrogens (tertiary/aromatic N) is 2. The van der Waals surface area contributed by atoms with E-state index < -0.39 is 5.97 Å². The maximum atomic E-state index is 10.7. The highest BCUT2D eigenvalue weighted by atomic mass is 35.5. The molecule has 1 rings (SSSR count). The number of halogens is 1. The molecular weight excluding hydrogens is 208 g/mol. The van der Waals surface area contributed by atoms with Crippen LogP contribution in [0.2, 0.25) is 5.02 Å². The summed E-state index contributed by atoms with van der Waals surface area (Å²) in [6, 6.07) is 2.93. The zero-order valence-electron chi connectivity index (χ0n) is 7.11. The second-order valence-corrected chi connectivity index (χ2v) is 2.69. The number of carboxylic acids is 1. The maximum Gasteiger partial charge on any atom is 0.358 e. The van der Waals surface area contributed by atoms with Gasteiger partial charge in [-0.15, -0.1) is 0 Å². The second kappa shape index (κ2) is 3.94. The van der Waals surface area contributed by atoms with Crippen LogP contribution in [-0.2, 0) is 0 Å². The number of methoxy groups -OCH3 is 1. The van der Waals surface area contributed by atoms with E-state index >= 15 is 0 Å². The average Bonchev–Trinajstić information content (AvgIpc) is 2.16. The molecule has 0 fully saturated rings. The normalized spacial score (nSPS) is 9.21. The van der Waals surface area contributed by atoms with Crippen molar-refractivity contribution in [1.82, 2.24) is 4.98 Å². The molecule has 0 spiro atoms. The molecule has 0 atom stereocenters. The van der Waals surface area contributed by atoms with Gasteiger partial charge in [0.15, 0.2) is 17.1 Å². The van der Waals surface area contributed by atoms with Gasteiger partial charge in [-0.1, -0.05) is 11.6 Å². The van der Waals surface area contributed by atoms with E-state index in [1.807, 2.05) is 0 Å². The Hall–Kier alpha value is -1.80. The van der Waals surface area contributed by atoms with Crippen molar-refractivity contribution in [2.45, 2.75) is 0 Å². The van der Waals surface area contributed by atoms with Gasteiger partial charge in [-0.2, -0.15) is 5.26 Å². The molecule has 1 aromatic heterocycles. The Morgan fingerprint density at radius 3 is 2.86 bits per heavy atom. The lowest BCUT2D eigenvalue weighted by Crippen LogP contribution is -2.05. The van der Waals surface area contributed by atoms with Crippen molar-refractivity contribution in [3.05, 3.63) is 22.5 Å². The SMILES string of the molecule is COc1cc(Cl)c(C#N)nc1C(=O)O. The van der Waals surface area contributed by atoms with Crippen molar-refractivity contribution < 1.29 is 14.6 Å². The topological polar surface area (TPSA) is 83.2 Å². The largest absolute Gasteiger partial charge is 0.494 e. The molecule has 1 heterocycles. The van der Waals surface area contributed by atoms with Gasteiger partial charge in [-0.05, 0) is 0 Å². The number of hydrogen-bond donors (Lipinski definition) is 1. The van der Waals surface area contributed by atoms with Crippen LogP contribution >= 0.6 is 11.6 Å². The summed E-state index contributed by atoms with van der Waals surface area (Å²) in [5.41, 5.74) is -0.460. The lowest BCUT2D eigenvalue weighted by molar-refractivity contribution is 0.0686. The predicted octanol–water partition coefficient (Wildman–Crippen LogP) is 1.31. The van der Waals surface area contributed by atoms with Crippen LogP contribution < -0.4 is 4.74 Å². The highest BCUT2D eigenvalue weighted by Crippen LogP contribution is 2.23.